The summed E-state index contributed by atoms with van der Waals surface area (Å²) < 4.78 is 43.5. The van der Waals surface area contributed by atoms with Gasteiger partial charge in [-0.05, 0) is 31.8 Å². The monoisotopic (exact) mass is 344 g/mol. The van der Waals surface area contributed by atoms with E-state index < -0.39 is 10.0 Å². The second kappa shape index (κ2) is 7.85. The molecule has 0 saturated carbocycles. The van der Waals surface area contributed by atoms with Gasteiger partial charge >= 0.3 is 0 Å². The first-order valence-electron chi connectivity index (χ1n) is 7.52. The van der Waals surface area contributed by atoms with E-state index in [0.717, 1.165) is 25.9 Å². The molecule has 0 spiro atoms. The first-order valence-corrected chi connectivity index (χ1v) is 9.00. The molecule has 23 heavy (non-hydrogen) atoms. The lowest BCUT2D eigenvalue weighted by molar-refractivity contribution is 0.358. The van der Waals surface area contributed by atoms with Crippen molar-refractivity contribution in [3.63, 3.8) is 0 Å². The molecule has 1 atom stereocenters. The van der Waals surface area contributed by atoms with Gasteiger partial charge in [0.15, 0.2) is 4.90 Å². The highest BCUT2D eigenvalue weighted by molar-refractivity contribution is 7.89. The maximum atomic E-state index is 12.6. The third kappa shape index (κ3) is 4.27. The van der Waals surface area contributed by atoms with E-state index in [1.54, 1.807) is 0 Å². The van der Waals surface area contributed by atoms with Gasteiger partial charge in [0.05, 0.1) is 21.3 Å². The van der Waals surface area contributed by atoms with E-state index in [2.05, 4.69) is 10.0 Å². The molecular formula is C15H24N2O5S. The Kier molecular flexibility index (Phi) is 6.09. The van der Waals surface area contributed by atoms with Crippen LogP contribution in [-0.2, 0) is 10.0 Å². The second-order valence-electron chi connectivity index (χ2n) is 5.41. The molecule has 1 aliphatic heterocycles. The van der Waals surface area contributed by atoms with Gasteiger partial charge in [-0.15, -0.1) is 0 Å². The first-order chi connectivity index (χ1) is 11.0. The van der Waals surface area contributed by atoms with Crippen molar-refractivity contribution in [1.29, 1.82) is 0 Å². The van der Waals surface area contributed by atoms with Crippen LogP contribution in [0, 0.1) is 5.92 Å². The lowest BCUT2D eigenvalue weighted by Gasteiger charge is -2.16. The maximum absolute atomic E-state index is 12.6. The van der Waals surface area contributed by atoms with Crippen LogP contribution in [0.15, 0.2) is 17.0 Å². The van der Waals surface area contributed by atoms with E-state index in [4.69, 9.17) is 14.2 Å². The molecule has 0 aliphatic carbocycles. The molecule has 1 saturated heterocycles. The number of sulfonamides is 1. The fraction of sp³-hybridized carbons (Fsp3) is 0.600. The summed E-state index contributed by atoms with van der Waals surface area (Å²) in [5.74, 6) is 1.36. The van der Waals surface area contributed by atoms with Crippen molar-refractivity contribution in [3.05, 3.63) is 12.1 Å². The molecule has 1 fully saturated rings. The predicted octanol–water partition coefficient (Wildman–Crippen LogP) is 0.990. The number of ether oxygens (including phenoxy) is 3. The summed E-state index contributed by atoms with van der Waals surface area (Å²) in [4.78, 5) is -0.00662. The molecule has 0 amide bonds. The zero-order valence-electron chi connectivity index (χ0n) is 13.7. The first kappa shape index (κ1) is 17.8. The highest BCUT2D eigenvalue weighted by Crippen LogP contribution is 2.37. The van der Waals surface area contributed by atoms with Crippen LogP contribution in [-0.4, -0.2) is 49.4 Å². The summed E-state index contributed by atoms with van der Waals surface area (Å²) in [7, 11) is 0.586. The number of rotatable bonds is 8. The molecule has 2 N–H and O–H groups in total. The normalized spacial score (nSPS) is 18.0. The molecule has 1 heterocycles. The minimum absolute atomic E-state index is 0.00662. The highest BCUT2D eigenvalue weighted by Gasteiger charge is 2.26. The van der Waals surface area contributed by atoms with Crippen molar-refractivity contribution >= 4 is 10.0 Å². The van der Waals surface area contributed by atoms with Crippen LogP contribution >= 0.6 is 0 Å². The molecule has 7 nitrogen and oxygen atoms in total. The Hall–Kier alpha value is -1.51. The van der Waals surface area contributed by atoms with Crippen molar-refractivity contribution in [2.24, 2.45) is 5.92 Å². The van der Waals surface area contributed by atoms with Gasteiger partial charge in [0.1, 0.15) is 17.2 Å². The van der Waals surface area contributed by atoms with Crippen molar-refractivity contribution < 1.29 is 22.6 Å². The Labute approximate surface area is 137 Å². The number of benzene rings is 1. The van der Waals surface area contributed by atoms with Crippen LogP contribution in [0.4, 0.5) is 0 Å². The van der Waals surface area contributed by atoms with Crippen LogP contribution in [0.2, 0.25) is 0 Å². The molecule has 1 aromatic rings. The van der Waals surface area contributed by atoms with Gasteiger partial charge in [-0.25, -0.2) is 13.1 Å². The summed E-state index contributed by atoms with van der Waals surface area (Å²) in [5.41, 5.74) is 0. The summed E-state index contributed by atoms with van der Waals surface area (Å²) >= 11 is 0. The fourth-order valence-electron chi connectivity index (χ4n) is 2.67. The summed E-state index contributed by atoms with van der Waals surface area (Å²) in [6.45, 7) is 2.32. The molecule has 2 rings (SSSR count). The fourth-order valence-corrected chi connectivity index (χ4v) is 4.01. The molecule has 130 valence electrons. The minimum atomic E-state index is -3.74. The van der Waals surface area contributed by atoms with Crippen LogP contribution in [0.1, 0.15) is 12.8 Å². The van der Waals surface area contributed by atoms with Crippen molar-refractivity contribution in [3.8, 4) is 17.2 Å². The molecule has 1 unspecified atom stereocenters. The number of methoxy groups -OCH3 is 3. The average molecular weight is 344 g/mol. The third-order valence-electron chi connectivity index (χ3n) is 3.95. The van der Waals surface area contributed by atoms with E-state index in [1.807, 2.05) is 0 Å². The Bertz CT molecular complexity index is 602. The summed E-state index contributed by atoms with van der Waals surface area (Å²) in [5, 5.41) is 3.27. The predicted molar refractivity (Wildman–Crippen MR) is 86.9 cm³/mol. The van der Waals surface area contributed by atoms with Gasteiger partial charge in [0, 0.05) is 18.7 Å². The summed E-state index contributed by atoms with van der Waals surface area (Å²) in [6, 6.07) is 3.05. The molecule has 0 radical (unpaired) electrons. The smallest absolute Gasteiger partial charge is 0.247 e. The van der Waals surface area contributed by atoms with Gasteiger partial charge in [-0.2, -0.15) is 0 Å². The molecule has 1 aliphatic rings. The van der Waals surface area contributed by atoms with Crippen LogP contribution in [0.25, 0.3) is 0 Å². The van der Waals surface area contributed by atoms with Crippen LogP contribution in [0.3, 0.4) is 0 Å². The molecule has 0 aromatic heterocycles. The second-order valence-corrected chi connectivity index (χ2v) is 7.11. The molecule has 8 heteroatoms. The summed E-state index contributed by atoms with van der Waals surface area (Å²) in [6.07, 6.45) is 1.88. The zero-order chi connectivity index (χ0) is 16.9. The van der Waals surface area contributed by atoms with E-state index >= 15 is 0 Å². The van der Waals surface area contributed by atoms with Gasteiger partial charge in [-0.3, -0.25) is 0 Å². The molecule has 1 aromatic carbocycles. The number of nitrogens with one attached hydrogen (secondary N) is 2. The van der Waals surface area contributed by atoms with Gasteiger partial charge in [0.25, 0.3) is 0 Å². The van der Waals surface area contributed by atoms with Crippen molar-refractivity contribution in [1.82, 2.24) is 10.0 Å². The van der Waals surface area contributed by atoms with Gasteiger partial charge in [-0.1, -0.05) is 0 Å². The number of hydrogen-bond acceptors (Lipinski definition) is 6. The standard InChI is InChI=1S/C15H24N2O5S/c1-20-12-8-13(21-2)15(14(9-12)22-3)23(18,19)17-7-5-11-4-6-16-10-11/h8-9,11,16-17H,4-7,10H2,1-3H3. The Balaban J connectivity index is 2.19. The van der Waals surface area contributed by atoms with E-state index in [0.29, 0.717) is 18.2 Å². The van der Waals surface area contributed by atoms with E-state index in [1.165, 1.54) is 33.5 Å². The average Bonchev–Trinajstić information content (AvgIpc) is 3.06. The largest absolute Gasteiger partial charge is 0.496 e. The Morgan fingerprint density at radius 2 is 1.83 bits per heavy atom. The Morgan fingerprint density at radius 3 is 2.30 bits per heavy atom. The lowest BCUT2D eigenvalue weighted by atomic mass is 10.1. The van der Waals surface area contributed by atoms with Gasteiger partial charge in [0.2, 0.25) is 10.0 Å². The SMILES string of the molecule is COc1cc(OC)c(S(=O)(=O)NCCC2CCNC2)c(OC)c1. The van der Waals surface area contributed by atoms with Crippen LogP contribution < -0.4 is 24.2 Å². The quantitative estimate of drug-likeness (QED) is 0.731. The van der Waals surface area contributed by atoms with Crippen molar-refractivity contribution in [2.75, 3.05) is 41.0 Å². The maximum Gasteiger partial charge on any atom is 0.247 e. The van der Waals surface area contributed by atoms with Crippen molar-refractivity contribution in [2.45, 2.75) is 17.7 Å². The highest BCUT2D eigenvalue weighted by atomic mass is 32.2. The Morgan fingerprint density at radius 1 is 1.17 bits per heavy atom. The number of hydrogen-bond donors (Lipinski definition) is 2. The molecule has 0 bridgehead atoms. The lowest BCUT2D eigenvalue weighted by Crippen LogP contribution is -2.27. The van der Waals surface area contributed by atoms with E-state index in [-0.39, 0.29) is 16.4 Å². The van der Waals surface area contributed by atoms with E-state index in [9.17, 15) is 8.42 Å². The zero-order valence-corrected chi connectivity index (χ0v) is 14.5. The molecular weight excluding hydrogens is 320 g/mol. The van der Waals surface area contributed by atoms with Gasteiger partial charge < -0.3 is 19.5 Å². The third-order valence-corrected chi connectivity index (χ3v) is 5.47. The van der Waals surface area contributed by atoms with Crippen LogP contribution in [0.5, 0.6) is 17.2 Å². The topological polar surface area (TPSA) is 85.9 Å². The minimum Gasteiger partial charge on any atom is -0.496 e.